The van der Waals surface area contributed by atoms with E-state index < -0.39 is 5.41 Å². The Labute approximate surface area is 140 Å². The lowest BCUT2D eigenvalue weighted by atomic mass is 9.96. The van der Waals surface area contributed by atoms with Crippen molar-refractivity contribution in [3.8, 4) is 0 Å². The van der Waals surface area contributed by atoms with Crippen molar-refractivity contribution in [3.63, 3.8) is 0 Å². The Morgan fingerprint density at radius 3 is 2.26 bits per heavy atom. The van der Waals surface area contributed by atoms with Crippen molar-refractivity contribution in [2.24, 2.45) is 11.3 Å². The molecule has 23 heavy (non-hydrogen) atoms. The molecule has 0 aromatic rings. The molecule has 6 heteroatoms. The summed E-state index contributed by atoms with van der Waals surface area (Å²) in [6, 6.07) is 0.321. The maximum absolute atomic E-state index is 12.0. The molecule has 0 bridgehead atoms. The molecule has 1 fully saturated rings. The molecule has 1 aliphatic heterocycles. The van der Waals surface area contributed by atoms with Gasteiger partial charge in [0.25, 0.3) is 0 Å². The second-order valence-electron chi connectivity index (χ2n) is 7.67. The van der Waals surface area contributed by atoms with E-state index in [-0.39, 0.29) is 18.4 Å². The number of nitrogens with one attached hydrogen (secondary N) is 2. The lowest BCUT2D eigenvalue weighted by molar-refractivity contribution is -0.131. The van der Waals surface area contributed by atoms with Crippen LogP contribution in [0.15, 0.2) is 0 Å². The standard InChI is InChI=1S/C17H33N3O3/c1-13(2)10-14(20-6-8-23-9-7-20)11-18-15(21)12-19-16(22)17(3,4)5/h13-14H,6-12H2,1-5H3,(H,18,21)(H,19,22)/t14-/m1/s1. The smallest absolute Gasteiger partial charge is 0.239 e. The summed E-state index contributed by atoms with van der Waals surface area (Å²) in [5, 5.41) is 5.64. The topological polar surface area (TPSA) is 70.7 Å². The SMILES string of the molecule is CC(C)C[C@H](CNC(=O)CNC(=O)C(C)(C)C)N1CCOCC1. The van der Waals surface area contributed by atoms with Crippen molar-refractivity contribution in [1.29, 1.82) is 0 Å². The minimum atomic E-state index is -0.478. The van der Waals surface area contributed by atoms with Gasteiger partial charge in [0, 0.05) is 31.1 Å². The Morgan fingerprint density at radius 1 is 1.13 bits per heavy atom. The molecule has 6 nitrogen and oxygen atoms in total. The van der Waals surface area contributed by atoms with Crippen molar-refractivity contribution < 1.29 is 14.3 Å². The normalized spacial score (nSPS) is 17.8. The maximum atomic E-state index is 12.0. The molecule has 2 amide bonds. The van der Waals surface area contributed by atoms with Crippen molar-refractivity contribution in [2.45, 2.75) is 47.1 Å². The summed E-state index contributed by atoms with van der Waals surface area (Å²) in [7, 11) is 0. The van der Waals surface area contributed by atoms with Crippen LogP contribution in [0.1, 0.15) is 41.0 Å². The van der Waals surface area contributed by atoms with Crippen molar-refractivity contribution >= 4 is 11.8 Å². The van der Waals surface area contributed by atoms with E-state index in [1.807, 2.05) is 20.8 Å². The van der Waals surface area contributed by atoms with Crippen molar-refractivity contribution in [2.75, 3.05) is 39.4 Å². The number of amides is 2. The summed E-state index contributed by atoms with van der Waals surface area (Å²) in [4.78, 5) is 26.2. The molecule has 1 aliphatic rings. The number of carbonyl (C=O) groups excluding carboxylic acids is 2. The van der Waals surface area contributed by atoms with Gasteiger partial charge in [-0.3, -0.25) is 14.5 Å². The van der Waals surface area contributed by atoms with Crippen LogP contribution in [0.4, 0.5) is 0 Å². The molecule has 0 aliphatic carbocycles. The fourth-order valence-electron chi connectivity index (χ4n) is 2.57. The molecule has 1 atom stereocenters. The summed E-state index contributed by atoms with van der Waals surface area (Å²) in [5.41, 5.74) is -0.478. The molecule has 1 heterocycles. The van der Waals surface area contributed by atoms with E-state index in [1.165, 1.54) is 0 Å². The van der Waals surface area contributed by atoms with Gasteiger partial charge in [-0.2, -0.15) is 0 Å². The second-order valence-corrected chi connectivity index (χ2v) is 7.67. The molecule has 0 aromatic carbocycles. The first-order valence-electron chi connectivity index (χ1n) is 8.57. The molecule has 1 rings (SSSR count). The van der Waals surface area contributed by atoms with Crippen LogP contribution in [0.2, 0.25) is 0 Å². The zero-order valence-corrected chi connectivity index (χ0v) is 15.3. The van der Waals surface area contributed by atoms with Gasteiger partial charge in [0.15, 0.2) is 0 Å². The monoisotopic (exact) mass is 327 g/mol. The second kappa shape index (κ2) is 9.23. The van der Waals surface area contributed by atoms with Gasteiger partial charge >= 0.3 is 0 Å². The number of nitrogens with zero attached hydrogens (tertiary/aromatic N) is 1. The van der Waals surface area contributed by atoms with E-state index in [0.29, 0.717) is 18.5 Å². The largest absolute Gasteiger partial charge is 0.379 e. The third-order valence-electron chi connectivity index (χ3n) is 3.93. The van der Waals surface area contributed by atoms with Crippen LogP contribution in [0, 0.1) is 11.3 Å². The summed E-state index contributed by atoms with van der Waals surface area (Å²) in [6.45, 7) is 13.9. The van der Waals surface area contributed by atoms with Crippen LogP contribution in [-0.4, -0.2) is 62.1 Å². The van der Waals surface area contributed by atoms with Gasteiger partial charge in [-0.05, 0) is 12.3 Å². The average Bonchev–Trinajstić information content (AvgIpc) is 2.48. The number of hydrogen-bond acceptors (Lipinski definition) is 4. The third kappa shape index (κ3) is 7.79. The highest BCUT2D eigenvalue weighted by Crippen LogP contribution is 2.13. The quantitative estimate of drug-likeness (QED) is 0.732. The van der Waals surface area contributed by atoms with Gasteiger partial charge in [0.2, 0.25) is 11.8 Å². The number of ether oxygens (including phenoxy) is 1. The number of rotatable bonds is 7. The van der Waals surface area contributed by atoms with E-state index >= 15 is 0 Å². The Bertz CT molecular complexity index is 385. The van der Waals surface area contributed by atoms with Gasteiger partial charge in [-0.25, -0.2) is 0 Å². The Kier molecular flexibility index (Phi) is 7.99. The van der Waals surface area contributed by atoms with E-state index in [1.54, 1.807) is 0 Å². The Hall–Kier alpha value is -1.14. The van der Waals surface area contributed by atoms with Gasteiger partial charge in [0.05, 0.1) is 19.8 Å². The zero-order chi connectivity index (χ0) is 17.5. The van der Waals surface area contributed by atoms with Crippen LogP contribution in [0.25, 0.3) is 0 Å². The molecule has 0 saturated carbocycles. The highest BCUT2D eigenvalue weighted by Gasteiger charge is 2.24. The lowest BCUT2D eigenvalue weighted by Crippen LogP contribution is -2.50. The number of hydrogen-bond donors (Lipinski definition) is 2. The Morgan fingerprint density at radius 2 is 1.74 bits per heavy atom. The van der Waals surface area contributed by atoms with Crippen molar-refractivity contribution in [3.05, 3.63) is 0 Å². The fourth-order valence-corrected chi connectivity index (χ4v) is 2.57. The molecule has 0 spiro atoms. The molecular formula is C17H33N3O3. The van der Waals surface area contributed by atoms with Gasteiger partial charge in [0.1, 0.15) is 0 Å². The highest BCUT2D eigenvalue weighted by atomic mass is 16.5. The molecule has 0 unspecified atom stereocenters. The van der Waals surface area contributed by atoms with Crippen LogP contribution in [-0.2, 0) is 14.3 Å². The lowest BCUT2D eigenvalue weighted by Gasteiger charge is -2.35. The molecular weight excluding hydrogens is 294 g/mol. The summed E-state index contributed by atoms with van der Waals surface area (Å²) < 4.78 is 5.40. The van der Waals surface area contributed by atoms with E-state index in [4.69, 9.17) is 4.74 Å². The predicted molar refractivity (Wildman–Crippen MR) is 91.1 cm³/mol. The molecule has 0 radical (unpaired) electrons. The first-order chi connectivity index (χ1) is 10.7. The van der Waals surface area contributed by atoms with Crippen molar-refractivity contribution in [1.82, 2.24) is 15.5 Å². The molecule has 2 N–H and O–H groups in total. The number of morpholine rings is 1. The van der Waals surface area contributed by atoms with Gasteiger partial charge < -0.3 is 15.4 Å². The third-order valence-corrected chi connectivity index (χ3v) is 3.93. The van der Waals surface area contributed by atoms with Crippen LogP contribution in [0.5, 0.6) is 0 Å². The summed E-state index contributed by atoms with van der Waals surface area (Å²) in [5.74, 6) is 0.324. The zero-order valence-electron chi connectivity index (χ0n) is 15.3. The highest BCUT2D eigenvalue weighted by molar-refractivity contribution is 5.87. The van der Waals surface area contributed by atoms with E-state index in [9.17, 15) is 9.59 Å². The van der Waals surface area contributed by atoms with Gasteiger partial charge in [-0.15, -0.1) is 0 Å². The maximum Gasteiger partial charge on any atom is 0.239 e. The van der Waals surface area contributed by atoms with E-state index in [2.05, 4.69) is 29.4 Å². The van der Waals surface area contributed by atoms with E-state index in [0.717, 1.165) is 32.7 Å². The molecule has 134 valence electrons. The predicted octanol–water partition coefficient (Wildman–Crippen LogP) is 1.01. The Balaban J connectivity index is 2.40. The van der Waals surface area contributed by atoms with Crippen LogP contribution < -0.4 is 10.6 Å². The minimum Gasteiger partial charge on any atom is -0.379 e. The number of carbonyl (C=O) groups is 2. The van der Waals surface area contributed by atoms with Crippen LogP contribution >= 0.6 is 0 Å². The van der Waals surface area contributed by atoms with Gasteiger partial charge in [-0.1, -0.05) is 34.6 Å². The fraction of sp³-hybridized carbons (Fsp3) is 0.882. The minimum absolute atomic E-state index is 0.0353. The summed E-state index contributed by atoms with van der Waals surface area (Å²) >= 11 is 0. The van der Waals surface area contributed by atoms with Crippen LogP contribution in [0.3, 0.4) is 0 Å². The first-order valence-corrected chi connectivity index (χ1v) is 8.57. The molecule has 1 saturated heterocycles. The molecule has 0 aromatic heterocycles. The first kappa shape index (κ1) is 19.9. The average molecular weight is 327 g/mol. The summed E-state index contributed by atoms with van der Waals surface area (Å²) in [6.07, 6.45) is 1.04.